The molecule has 2 aromatic rings. The standard InChI is InChI=1S/C11H13N5O/c1-14-9-4-8(6-16-11(9)13)17-7-2-3-15-10(12)5-7/h2-6,14H,1H3,(H2,12,15)(H2,13,16). The Bertz CT molecular complexity index is 529. The summed E-state index contributed by atoms with van der Waals surface area (Å²) in [6.45, 7) is 0. The first kappa shape index (κ1) is 11.0. The maximum Gasteiger partial charge on any atom is 0.147 e. The van der Waals surface area contributed by atoms with Gasteiger partial charge in [0.25, 0.3) is 0 Å². The van der Waals surface area contributed by atoms with Gasteiger partial charge in [0.1, 0.15) is 23.1 Å². The first-order chi connectivity index (χ1) is 8.19. The molecule has 6 heteroatoms. The number of pyridine rings is 2. The van der Waals surface area contributed by atoms with Crippen molar-refractivity contribution in [2.75, 3.05) is 23.8 Å². The summed E-state index contributed by atoms with van der Waals surface area (Å²) in [6.07, 6.45) is 3.13. The molecule has 0 atom stereocenters. The van der Waals surface area contributed by atoms with Crippen LogP contribution in [0.1, 0.15) is 0 Å². The third-order valence-electron chi connectivity index (χ3n) is 2.15. The molecule has 0 saturated heterocycles. The number of anilines is 3. The molecule has 0 unspecified atom stereocenters. The van der Waals surface area contributed by atoms with Crippen LogP contribution in [0.3, 0.4) is 0 Å². The summed E-state index contributed by atoms with van der Waals surface area (Å²) in [5, 5.41) is 2.93. The lowest BCUT2D eigenvalue weighted by molar-refractivity contribution is 0.480. The van der Waals surface area contributed by atoms with Gasteiger partial charge in [-0.2, -0.15) is 0 Å². The zero-order valence-corrected chi connectivity index (χ0v) is 9.34. The Hall–Kier alpha value is -2.50. The van der Waals surface area contributed by atoms with Gasteiger partial charge >= 0.3 is 0 Å². The highest BCUT2D eigenvalue weighted by molar-refractivity contribution is 5.63. The van der Waals surface area contributed by atoms with Crippen LogP contribution in [-0.4, -0.2) is 17.0 Å². The number of ether oxygens (including phenoxy) is 1. The Kier molecular flexibility index (Phi) is 2.95. The van der Waals surface area contributed by atoms with Gasteiger partial charge in [-0.3, -0.25) is 0 Å². The number of nitrogens with zero attached hydrogens (tertiary/aromatic N) is 2. The molecule has 2 rings (SSSR count). The summed E-state index contributed by atoms with van der Waals surface area (Å²) in [6, 6.07) is 5.11. The summed E-state index contributed by atoms with van der Waals surface area (Å²) in [7, 11) is 1.77. The maximum absolute atomic E-state index is 5.66. The zero-order chi connectivity index (χ0) is 12.3. The lowest BCUT2D eigenvalue weighted by Gasteiger charge is -2.08. The molecule has 6 nitrogen and oxygen atoms in total. The summed E-state index contributed by atoms with van der Waals surface area (Å²) < 4.78 is 5.58. The second-order valence-corrected chi connectivity index (χ2v) is 3.37. The lowest BCUT2D eigenvalue weighted by atomic mass is 10.3. The molecular weight excluding hydrogens is 218 g/mol. The van der Waals surface area contributed by atoms with E-state index >= 15 is 0 Å². The molecule has 88 valence electrons. The average Bonchev–Trinajstić information content (AvgIpc) is 2.32. The van der Waals surface area contributed by atoms with Gasteiger partial charge in [-0.05, 0) is 6.07 Å². The summed E-state index contributed by atoms with van der Waals surface area (Å²) in [5.74, 6) is 2.01. The molecule has 0 aliphatic rings. The third-order valence-corrected chi connectivity index (χ3v) is 2.15. The van der Waals surface area contributed by atoms with Crippen LogP contribution in [0, 0.1) is 0 Å². The van der Waals surface area contributed by atoms with E-state index in [0.29, 0.717) is 28.8 Å². The van der Waals surface area contributed by atoms with Gasteiger partial charge in [0, 0.05) is 25.4 Å². The smallest absolute Gasteiger partial charge is 0.147 e. The minimum atomic E-state index is 0.403. The van der Waals surface area contributed by atoms with Crippen LogP contribution >= 0.6 is 0 Å². The largest absolute Gasteiger partial charge is 0.455 e. The van der Waals surface area contributed by atoms with Crippen molar-refractivity contribution in [3.05, 3.63) is 30.6 Å². The molecule has 0 spiro atoms. The van der Waals surface area contributed by atoms with Crippen LogP contribution in [0.25, 0.3) is 0 Å². The quantitative estimate of drug-likeness (QED) is 0.739. The molecule has 0 aliphatic carbocycles. The van der Waals surface area contributed by atoms with Crippen LogP contribution in [0.2, 0.25) is 0 Å². The van der Waals surface area contributed by atoms with E-state index in [1.54, 1.807) is 37.6 Å². The van der Waals surface area contributed by atoms with Gasteiger partial charge in [-0.1, -0.05) is 0 Å². The predicted molar refractivity (Wildman–Crippen MR) is 66.9 cm³/mol. The normalized spacial score (nSPS) is 9.94. The van der Waals surface area contributed by atoms with E-state index in [1.807, 2.05) is 0 Å². The lowest BCUT2D eigenvalue weighted by Crippen LogP contribution is -1.99. The van der Waals surface area contributed by atoms with E-state index in [1.165, 1.54) is 0 Å². The second-order valence-electron chi connectivity index (χ2n) is 3.37. The van der Waals surface area contributed by atoms with Crippen LogP contribution < -0.4 is 21.5 Å². The highest BCUT2D eigenvalue weighted by atomic mass is 16.5. The number of nitrogens with one attached hydrogen (secondary N) is 1. The highest BCUT2D eigenvalue weighted by Crippen LogP contribution is 2.26. The van der Waals surface area contributed by atoms with Crippen LogP contribution in [0.15, 0.2) is 30.6 Å². The molecule has 0 aromatic carbocycles. The third kappa shape index (κ3) is 2.54. The molecule has 2 aromatic heterocycles. The Labute approximate surface area is 98.6 Å². The number of nitrogen functional groups attached to an aromatic ring is 2. The molecule has 0 fully saturated rings. The first-order valence-corrected chi connectivity index (χ1v) is 5.01. The molecule has 0 bridgehead atoms. The number of rotatable bonds is 3. The van der Waals surface area contributed by atoms with E-state index in [4.69, 9.17) is 16.2 Å². The molecule has 0 amide bonds. The van der Waals surface area contributed by atoms with Gasteiger partial charge < -0.3 is 21.5 Å². The van der Waals surface area contributed by atoms with Gasteiger partial charge in [0.15, 0.2) is 0 Å². The van der Waals surface area contributed by atoms with Crippen molar-refractivity contribution in [2.45, 2.75) is 0 Å². The average molecular weight is 231 g/mol. The molecule has 5 N–H and O–H groups in total. The Morgan fingerprint density at radius 3 is 2.71 bits per heavy atom. The van der Waals surface area contributed by atoms with Crippen molar-refractivity contribution < 1.29 is 4.74 Å². The molecule has 17 heavy (non-hydrogen) atoms. The van der Waals surface area contributed by atoms with Crippen LogP contribution in [-0.2, 0) is 0 Å². The van der Waals surface area contributed by atoms with Crippen molar-refractivity contribution in [1.29, 1.82) is 0 Å². The summed E-state index contributed by atoms with van der Waals surface area (Å²) in [4.78, 5) is 7.89. The zero-order valence-electron chi connectivity index (χ0n) is 9.34. The number of nitrogens with two attached hydrogens (primary N) is 2. The highest BCUT2D eigenvalue weighted by Gasteiger charge is 2.03. The molecule has 0 saturated carbocycles. The van der Waals surface area contributed by atoms with Crippen LogP contribution in [0.4, 0.5) is 17.3 Å². The fraction of sp³-hybridized carbons (Fsp3) is 0.0909. The minimum Gasteiger partial charge on any atom is -0.455 e. The molecule has 2 heterocycles. The Morgan fingerprint density at radius 1 is 1.18 bits per heavy atom. The molecular formula is C11H13N5O. The topological polar surface area (TPSA) is 99.1 Å². The maximum atomic E-state index is 5.66. The summed E-state index contributed by atoms with van der Waals surface area (Å²) in [5.41, 5.74) is 11.9. The van der Waals surface area contributed by atoms with Gasteiger partial charge in [-0.25, -0.2) is 9.97 Å². The molecule has 0 radical (unpaired) electrons. The number of hydrogen-bond donors (Lipinski definition) is 3. The van der Waals surface area contributed by atoms with E-state index in [9.17, 15) is 0 Å². The van der Waals surface area contributed by atoms with E-state index in [0.717, 1.165) is 0 Å². The Morgan fingerprint density at radius 2 is 2.00 bits per heavy atom. The first-order valence-electron chi connectivity index (χ1n) is 5.01. The SMILES string of the molecule is CNc1cc(Oc2ccnc(N)c2)cnc1N. The van der Waals surface area contributed by atoms with Crippen molar-refractivity contribution in [1.82, 2.24) is 9.97 Å². The van der Waals surface area contributed by atoms with E-state index < -0.39 is 0 Å². The van der Waals surface area contributed by atoms with E-state index in [-0.39, 0.29) is 0 Å². The number of aromatic nitrogens is 2. The van der Waals surface area contributed by atoms with Gasteiger partial charge in [0.05, 0.1) is 11.9 Å². The fourth-order valence-electron chi connectivity index (χ4n) is 1.34. The van der Waals surface area contributed by atoms with Crippen LogP contribution in [0.5, 0.6) is 11.5 Å². The Balaban J connectivity index is 2.24. The predicted octanol–water partition coefficient (Wildman–Crippen LogP) is 1.47. The number of hydrogen-bond acceptors (Lipinski definition) is 6. The second kappa shape index (κ2) is 4.56. The van der Waals surface area contributed by atoms with E-state index in [2.05, 4.69) is 15.3 Å². The molecule has 0 aliphatic heterocycles. The minimum absolute atomic E-state index is 0.403. The van der Waals surface area contributed by atoms with Gasteiger partial charge in [-0.15, -0.1) is 0 Å². The van der Waals surface area contributed by atoms with Crippen molar-refractivity contribution in [2.24, 2.45) is 0 Å². The fourth-order valence-corrected chi connectivity index (χ4v) is 1.34. The van der Waals surface area contributed by atoms with Gasteiger partial charge in [0.2, 0.25) is 0 Å². The van der Waals surface area contributed by atoms with Crippen molar-refractivity contribution >= 4 is 17.3 Å². The van der Waals surface area contributed by atoms with Crippen molar-refractivity contribution in [3.63, 3.8) is 0 Å². The summed E-state index contributed by atoms with van der Waals surface area (Å²) >= 11 is 0. The monoisotopic (exact) mass is 231 g/mol. The van der Waals surface area contributed by atoms with Crippen molar-refractivity contribution in [3.8, 4) is 11.5 Å².